The molecule has 240 valence electrons. The highest BCUT2D eigenvalue weighted by Crippen LogP contribution is 2.32. The van der Waals surface area contributed by atoms with Gasteiger partial charge in [-0.25, -0.2) is 18.9 Å². The maximum absolute atomic E-state index is 15.0. The van der Waals surface area contributed by atoms with Gasteiger partial charge in [-0.15, -0.1) is 5.10 Å². The van der Waals surface area contributed by atoms with Crippen LogP contribution < -0.4 is 15.0 Å². The maximum Gasteiger partial charge on any atom is 0.387 e. The number of aliphatic imine (C=N–C) groups is 1. The van der Waals surface area contributed by atoms with E-state index >= 15 is 4.39 Å². The number of amidine groups is 1. The minimum absolute atomic E-state index is 0.00223. The van der Waals surface area contributed by atoms with Crippen molar-refractivity contribution < 1.29 is 41.0 Å². The highest BCUT2D eigenvalue weighted by atomic mass is 35.5. The number of aromatic nitrogens is 3. The molecule has 17 heteroatoms. The number of urea groups is 1. The number of aryl methyl sites for hydroxylation is 1. The second kappa shape index (κ2) is 13.8. The van der Waals surface area contributed by atoms with Gasteiger partial charge in [0.1, 0.15) is 24.5 Å². The molecule has 0 atom stereocenters. The van der Waals surface area contributed by atoms with Gasteiger partial charge in [-0.05, 0) is 72.6 Å². The number of amides is 3. The average molecular weight is 681 g/mol. The summed E-state index contributed by atoms with van der Waals surface area (Å²) >= 11 is 5.88. The fraction of sp³-hybridized carbons (Fsp3) is 0.207. The summed E-state index contributed by atoms with van der Waals surface area (Å²) in [7, 11) is 0. The number of carbonyl (C=O) groups is 2. The number of ether oxygens (including phenoxy) is 2. The highest BCUT2D eigenvalue weighted by Gasteiger charge is 2.33. The molecule has 0 aliphatic carbocycles. The monoisotopic (exact) mass is 680 g/mol. The van der Waals surface area contributed by atoms with Crippen LogP contribution in [0.25, 0.3) is 17.1 Å². The average Bonchev–Trinajstić information content (AvgIpc) is 3.61. The summed E-state index contributed by atoms with van der Waals surface area (Å²) in [5, 5.41) is 3.05. The molecule has 10 nitrogen and oxygen atoms in total. The number of halogens is 6. The number of hydrogen-bond acceptors (Lipinski definition) is 7. The second-order valence-electron chi connectivity index (χ2n) is 9.66. The molecule has 1 saturated heterocycles. The molecular formula is C29H22ClF5N6O4S. The Morgan fingerprint density at radius 3 is 2.61 bits per heavy atom. The summed E-state index contributed by atoms with van der Waals surface area (Å²) in [6.07, 6.45) is 1.35. The number of carbonyl (C=O) groups excluding carboxylic acids is 2. The number of hydrogen-bond donors (Lipinski definition) is 1. The van der Waals surface area contributed by atoms with Crippen molar-refractivity contribution in [3.05, 3.63) is 83.9 Å². The van der Waals surface area contributed by atoms with Crippen LogP contribution in [0, 0.1) is 12.7 Å². The van der Waals surface area contributed by atoms with Gasteiger partial charge < -0.3 is 14.8 Å². The lowest BCUT2D eigenvalue weighted by Crippen LogP contribution is -2.31. The van der Waals surface area contributed by atoms with E-state index in [1.165, 1.54) is 52.3 Å². The molecule has 2 heterocycles. The van der Waals surface area contributed by atoms with Gasteiger partial charge in [0.05, 0.1) is 29.4 Å². The van der Waals surface area contributed by atoms with Crippen molar-refractivity contribution >= 4 is 51.8 Å². The lowest BCUT2D eigenvalue weighted by molar-refractivity contribution is -0.115. The van der Waals surface area contributed by atoms with E-state index in [0.29, 0.717) is 16.9 Å². The molecule has 0 unspecified atom stereocenters. The first-order chi connectivity index (χ1) is 21.9. The molecule has 5 rings (SSSR count). The molecule has 1 aromatic heterocycles. The number of rotatable bonds is 10. The van der Waals surface area contributed by atoms with Gasteiger partial charge in [0.2, 0.25) is 5.91 Å². The number of nitrogens with one attached hydrogen (secondary N) is 1. The Kier molecular flexibility index (Phi) is 9.88. The van der Waals surface area contributed by atoms with Crippen molar-refractivity contribution in [1.29, 1.82) is 0 Å². The number of nitrogens with zero attached hydrogens (tertiary/aromatic N) is 5. The molecule has 3 aromatic carbocycles. The molecule has 0 spiro atoms. The summed E-state index contributed by atoms with van der Waals surface area (Å²) in [6.45, 7) is -2.54. The minimum Gasteiger partial charge on any atom is -0.435 e. The maximum atomic E-state index is 15.0. The molecule has 1 aliphatic heterocycles. The molecule has 1 aliphatic rings. The fourth-order valence-corrected chi connectivity index (χ4v) is 5.18. The molecule has 1 fully saturated rings. The van der Waals surface area contributed by atoms with E-state index < -0.39 is 36.4 Å². The van der Waals surface area contributed by atoms with Crippen LogP contribution in [-0.2, 0) is 16.1 Å². The SMILES string of the molecule is Cc1ccc(COCC(F)(F)Cl)c(N2C(=O)CS/C2=N\C(=O)Nc2ccc(-c3ncn(-c4ccc(OC(F)F)cc4)n3)cc2F)c1. The molecular weight excluding hydrogens is 659 g/mol. The predicted molar refractivity (Wildman–Crippen MR) is 161 cm³/mol. The lowest BCUT2D eigenvalue weighted by Gasteiger charge is -2.21. The third-order valence-electron chi connectivity index (χ3n) is 6.25. The van der Waals surface area contributed by atoms with Gasteiger partial charge in [0.15, 0.2) is 11.0 Å². The van der Waals surface area contributed by atoms with Crippen LogP contribution in [-0.4, -0.2) is 56.2 Å². The molecule has 46 heavy (non-hydrogen) atoms. The van der Waals surface area contributed by atoms with Crippen LogP contribution in [0.4, 0.5) is 38.1 Å². The van der Waals surface area contributed by atoms with Crippen molar-refractivity contribution in [1.82, 2.24) is 14.8 Å². The number of alkyl halides is 5. The van der Waals surface area contributed by atoms with E-state index in [1.807, 2.05) is 0 Å². The van der Waals surface area contributed by atoms with Crippen molar-refractivity contribution in [2.75, 3.05) is 22.6 Å². The zero-order chi connectivity index (χ0) is 33.0. The Balaban J connectivity index is 1.29. The topological polar surface area (TPSA) is 111 Å². The normalized spacial score (nSPS) is 14.4. The molecule has 0 radical (unpaired) electrons. The van der Waals surface area contributed by atoms with E-state index in [4.69, 9.17) is 16.3 Å². The first kappa shape index (κ1) is 32.8. The van der Waals surface area contributed by atoms with E-state index in [1.54, 1.807) is 25.1 Å². The highest BCUT2D eigenvalue weighted by molar-refractivity contribution is 8.15. The van der Waals surface area contributed by atoms with Crippen LogP contribution >= 0.6 is 23.4 Å². The van der Waals surface area contributed by atoms with Gasteiger partial charge in [0, 0.05) is 11.1 Å². The van der Waals surface area contributed by atoms with E-state index in [-0.39, 0.29) is 40.4 Å². The summed E-state index contributed by atoms with van der Waals surface area (Å²) in [5.74, 6) is -1.16. The Bertz CT molecular complexity index is 1780. The Morgan fingerprint density at radius 2 is 1.91 bits per heavy atom. The summed E-state index contributed by atoms with van der Waals surface area (Å²) in [6, 6.07) is 13.5. The molecule has 1 N–H and O–H groups in total. The van der Waals surface area contributed by atoms with Crippen LogP contribution in [0.5, 0.6) is 5.75 Å². The molecule has 3 amide bonds. The summed E-state index contributed by atoms with van der Waals surface area (Å²) < 4.78 is 76.6. The van der Waals surface area contributed by atoms with Gasteiger partial charge in [-0.2, -0.15) is 22.6 Å². The standard InChI is InChI=1S/C29H22ClF5N6O4S/c1-16-2-3-18(12-44-14-29(30,34)35)23(10-16)41-24(42)13-46-28(41)38-27(43)37-22-9-4-17(11-21(22)31)25-36-15-40(39-25)19-5-7-20(8-6-19)45-26(32)33/h2-11,15,26H,12-14H2,1H3,(H,37,43)/b38-28-. The van der Waals surface area contributed by atoms with Gasteiger partial charge in [-0.3, -0.25) is 9.69 Å². The Hall–Kier alpha value is -4.54. The largest absolute Gasteiger partial charge is 0.435 e. The molecule has 0 bridgehead atoms. The van der Waals surface area contributed by atoms with E-state index in [2.05, 4.69) is 25.1 Å². The quantitative estimate of drug-likeness (QED) is 0.142. The molecule has 0 saturated carbocycles. The van der Waals surface area contributed by atoms with Crippen molar-refractivity contribution in [2.24, 2.45) is 4.99 Å². The second-order valence-corrected chi connectivity index (χ2v) is 11.2. The van der Waals surface area contributed by atoms with E-state index in [9.17, 15) is 27.2 Å². The van der Waals surface area contributed by atoms with Gasteiger partial charge >= 0.3 is 18.0 Å². The Morgan fingerprint density at radius 1 is 1.15 bits per heavy atom. The third-order valence-corrected chi connectivity index (χ3v) is 7.29. The smallest absolute Gasteiger partial charge is 0.387 e. The fourth-order valence-electron chi connectivity index (χ4n) is 4.25. The predicted octanol–water partition coefficient (Wildman–Crippen LogP) is 7.00. The van der Waals surface area contributed by atoms with Crippen molar-refractivity contribution in [2.45, 2.75) is 25.5 Å². The first-order valence-electron chi connectivity index (χ1n) is 13.2. The van der Waals surface area contributed by atoms with Crippen LogP contribution in [0.1, 0.15) is 11.1 Å². The van der Waals surface area contributed by atoms with Crippen LogP contribution in [0.2, 0.25) is 0 Å². The number of anilines is 2. The zero-order valence-corrected chi connectivity index (χ0v) is 25.2. The van der Waals surface area contributed by atoms with Crippen LogP contribution in [0.15, 0.2) is 72.0 Å². The molecule has 4 aromatic rings. The van der Waals surface area contributed by atoms with Crippen molar-refractivity contribution in [3.8, 4) is 22.8 Å². The van der Waals surface area contributed by atoms with E-state index in [0.717, 1.165) is 23.4 Å². The van der Waals surface area contributed by atoms with Crippen molar-refractivity contribution in [3.63, 3.8) is 0 Å². The lowest BCUT2D eigenvalue weighted by atomic mass is 10.1. The van der Waals surface area contributed by atoms with Gasteiger partial charge in [-0.1, -0.05) is 23.9 Å². The first-order valence-corrected chi connectivity index (χ1v) is 14.6. The number of benzene rings is 3. The Labute approximate surface area is 267 Å². The third kappa shape index (κ3) is 8.18. The zero-order valence-electron chi connectivity index (χ0n) is 23.6. The summed E-state index contributed by atoms with van der Waals surface area (Å²) in [5.41, 5.74) is 1.98. The van der Waals surface area contributed by atoms with Crippen LogP contribution in [0.3, 0.4) is 0 Å². The summed E-state index contributed by atoms with van der Waals surface area (Å²) in [4.78, 5) is 34.9. The van der Waals surface area contributed by atoms with Gasteiger partial charge in [0.25, 0.3) is 0 Å². The minimum atomic E-state index is -3.56. The number of thioether (sulfide) groups is 1.